The number of hydrogen-bond acceptors (Lipinski definition) is 4. The lowest BCUT2D eigenvalue weighted by molar-refractivity contribution is -0.117. The van der Waals surface area contributed by atoms with Crippen molar-refractivity contribution in [3.8, 4) is 11.3 Å². The molecule has 1 heterocycles. The highest BCUT2D eigenvalue weighted by Gasteiger charge is 2.08. The lowest BCUT2D eigenvalue weighted by Gasteiger charge is -2.08. The quantitative estimate of drug-likeness (QED) is 0.717. The molecule has 5 nitrogen and oxygen atoms in total. The average molecular weight is 351 g/mol. The van der Waals surface area contributed by atoms with Gasteiger partial charge in [0.25, 0.3) is 5.56 Å². The molecule has 3 aromatic rings. The van der Waals surface area contributed by atoms with Crippen LogP contribution in [0.3, 0.4) is 0 Å². The maximum absolute atomic E-state index is 12.2. The first-order chi connectivity index (χ1) is 12.2. The molecule has 0 bridgehead atoms. The maximum Gasteiger partial charge on any atom is 0.267 e. The number of aromatic nitrogens is 2. The van der Waals surface area contributed by atoms with Crippen LogP contribution in [0.25, 0.3) is 11.3 Å². The zero-order valence-electron chi connectivity index (χ0n) is 13.7. The van der Waals surface area contributed by atoms with Crippen LogP contribution in [0.5, 0.6) is 0 Å². The van der Waals surface area contributed by atoms with E-state index in [0.29, 0.717) is 11.4 Å². The van der Waals surface area contributed by atoms with Gasteiger partial charge in [-0.1, -0.05) is 30.3 Å². The molecule has 0 unspecified atom stereocenters. The van der Waals surface area contributed by atoms with E-state index in [1.54, 1.807) is 30.0 Å². The van der Waals surface area contributed by atoms with Crippen LogP contribution in [0.15, 0.2) is 76.4 Å². The van der Waals surface area contributed by atoms with Gasteiger partial charge in [0.15, 0.2) is 0 Å². The summed E-state index contributed by atoms with van der Waals surface area (Å²) in [4.78, 5) is 25.3. The molecule has 0 fully saturated rings. The van der Waals surface area contributed by atoms with Crippen LogP contribution < -0.4 is 10.9 Å². The average Bonchev–Trinajstić information content (AvgIpc) is 2.64. The van der Waals surface area contributed by atoms with Gasteiger partial charge >= 0.3 is 0 Å². The van der Waals surface area contributed by atoms with Crippen molar-refractivity contribution in [2.24, 2.45) is 0 Å². The number of hydrogen-bond donors (Lipinski definition) is 1. The van der Waals surface area contributed by atoms with E-state index in [-0.39, 0.29) is 18.0 Å². The summed E-state index contributed by atoms with van der Waals surface area (Å²) in [5.74, 6) is -0.296. The van der Waals surface area contributed by atoms with Crippen LogP contribution in [0.4, 0.5) is 5.69 Å². The second-order valence-corrected chi connectivity index (χ2v) is 6.24. The Morgan fingerprint density at radius 3 is 2.44 bits per heavy atom. The van der Waals surface area contributed by atoms with Gasteiger partial charge < -0.3 is 5.32 Å². The fourth-order valence-electron chi connectivity index (χ4n) is 2.34. The molecule has 0 aliphatic rings. The number of nitrogens with one attached hydrogen (secondary N) is 1. The molecule has 0 saturated heterocycles. The minimum Gasteiger partial charge on any atom is -0.324 e. The summed E-state index contributed by atoms with van der Waals surface area (Å²) in [7, 11) is 0. The molecular weight excluding hydrogens is 334 g/mol. The summed E-state index contributed by atoms with van der Waals surface area (Å²) in [5.41, 5.74) is 1.92. The zero-order chi connectivity index (χ0) is 17.6. The van der Waals surface area contributed by atoms with Crippen molar-refractivity contribution in [1.29, 1.82) is 0 Å². The van der Waals surface area contributed by atoms with Gasteiger partial charge in [-0.15, -0.1) is 11.8 Å². The van der Waals surface area contributed by atoms with E-state index in [1.807, 2.05) is 48.7 Å². The van der Waals surface area contributed by atoms with Crippen molar-refractivity contribution < 1.29 is 4.79 Å². The van der Waals surface area contributed by atoms with Crippen molar-refractivity contribution >= 4 is 23.4 Å². The summed E-state index contributed by atoms with van der Waals surface area (Å²) in [6.45, 7) is -0.134. The number of carbonyl (C=O) groups excluding carboxylic acids is 1. The Morgan fingerprint density at radius 2 is 1.76 bits per heavy atom. The third-order valence-corrected chi connectivity index (χ3v) is 4.35. The number of rotatable bonds is 5. The van der Waals surface area contributed by atoms with E-state index in [4.69, 9.17) is 0 Å². The highest BCUT2D eigenvalue weighted by molar-refractivity contribution is 7.98. The lowest BCUT2D eigenvalue weighted by Crippen LogP contribution is -2.29. The summed E-state index contributed by atoms with van der Waals surface area (Å²) in [6.07, 6.45) is 2.01. The van der Waals surface area contributed by atoms with Gasteiger partial charge in [-0.05, 0) is 36.6 Å². The molecule has 0 saturated carbocycles. The topological polar surface area (TPSA) is 64.0 Å². The molecule has 1 N–H and O–H groups in total. The van der Waals surface area contributed by atoms with Gasteiger partial charge in [0.05, 0.1) is 5.69 Å². The van der Waals surface area contributed by atoms with Crippen molar-refractivity contribution in [2.45, 2.75) is 11.4 Å². The van der Waals surface area contributed by atoms with E-state index in [0.717, 1.165) is 10.5 Å². The maximum atomic E-state index is 12.2. The first-order valence-corrected chi connectivity index (χ1v) is 8.96. The number of thioether (sulfide) groups is 1. The van der Waals surface area contributed by atoms with Crippen molar-refractivity contribution in [3.05, 3.63) is 77.1 Å². The minimum absolute atomic E-state index is 0.134. The van der Waals surface area contributed by atoms with Crippen LogP contribution in [0.2, 0.25) is 0 Å². The molecule has 0 spiro atoms. The monoisotopic (exact) mass is 351 g/mol. The van der Waals surface area contributed by atoms with Crippen molar-refractivity contribution in [3.63, 3.8) is 0 Å². The third kappa shape index (κ3) is 4.36. The van der Waals surface area contributed by atoms with Crippen molar-refractivity contribution in [2.75, 3.05) is 11.6 Å². The van der Waals surface area contributed by atoms with E-state index in [9.17, 15) is 9.59 Å². The molecule has 3 rings (SSSR count). The molecule has 1 amide bonds. The molecule has 6 heteroatoms. The second-order valence-electron chi connectivity index (χ2n) is 5.36. The van der Waals surface area contributed by atoms with E-state index >= 15 is 0 Å². The van der Waals surface area contributed by atoms with E-state index < -0.39 is 0 Å². The summed E-state index contributed by atoms with van der Waals surface area (Å²) < 4.78 is 1.18. The molecule has 1 aromatic heterocycles. The fourth-order valence-corrected chi connectivity index (χ4v) is 2.74. The van der Waals surface area contributed by atoms with Gasteiger partial charge in [0, 0.05) is 22.2 Å². The number of anilines is 1. The third-order valence-electron chi connectivity index (χ3n) is 3.60. The number of amides is 1. The summed E-state index contributed by atoms with van der Waals surface area (Å²) in [5, 5.41) is 7.07. The normalized spacial score (nSPS) is 10.4. The SMILES string of the molecule is CSc1ccc(-c2ccc(=O)n(CC(=O)Nc3ccccc3)n2)cc1. The number of para-hydroxylation sites is 1. The highest BCUT2D eigenvalue weighted by Crippen LogP contribution is 2.20. The predicted molar refractivity (Wildman–Crippen MR) is 101 cm³/mol. The molecule has 0 aliphatic heterocycles. The van der Waals surface area contributed by atoms with Gasteiger partial charge in [-0.2, -0.15) is 5.10 Å². The first-order valence-electron chi connectivity index (χ1n) is 7.73. The Labute approximate surface area is 149 Å². The largest absolute Gasteiger partial charge is 0.324 e. The Balaban J connectivity index is 1.79. The Bertz CT molecular complexity index is 921. The van der Waals surface area contributed by atoms with Gasteiger partial charge in [0.1, 0.15) is 6.54 Å². The number of carbonyl (C=O) groups is 1. The summed E-state index contributed by atoms with van der Waals surface area (Å²) in [6, 6.07) is 20.1. The predicted octanol–water partition coefficient (Wildman–Crippen LogP) is 3.27. The van der Waals surface area contributed by atoms with Crippen LogP contribution in [0.1, 0.15) is 0 Å². The second kappa shape index (κ2) is 7.81. The van der Waals surface area contributed by atoms with Crippen LogP contribution in [-0.2, 0) is 11.3 Å². The van der Waals surface area contributed by atoms with E-state index in [1.165, 1.54) is 10.7 Å². The Kier molecular flexibility index (Phi) is 5.30. The van der Waals surface area contributed by atoms with Gasteiger partial charge in [0.2, 0.25) is 5.91 Å². The molecule has 0 aliphatic carbocycles. The fraction of sp³-hybridized carbons (Fsp3) is 0.105. The molecule has 126 valence electrons. The lowest BCUT2D eigenvalue weighted by atomic mass is 10.1. The molecular formula is C19H17N3O2S. The molecule has 25 heavy (non-hydrogen) atoms. The van der Waals surface area contributed by atoms with Crippen LogP contribution >= 0.6 is 11.8 Å². The number of benzene rings is 2. The first kappa shape index (κ1) is 17.0. The zero-order valence-corrected chi connectivity index (χ0v) is 14.5. The number of nitrogens with zero attached hydrogens (tertiary/aromatic N) is 2. The van der Waals surface area contributed by atoms with E-state index in [2.05, 4.69) is 10.4 Å². The molecule has 0 atom stereocenters. The Morgan fingerprint density at radius 1 is 1.04 bits per heavy atom. The Hall–Kier alpha value is -2.86. The minimum atomic E-state index is -0.312. The van der Waals surface area contributed by atoms with Crippen molar-refractivity contribution in [1.82, 2.24) is 9.78 Å². The van der Waals surface area contributed by atoms with Gasteiger partial charge in [-0.25, -0.2) is 4.68 Å². The standard InChI is InChI=1S/C19H17N3O2S/c1-25-16-9-7-14(8-10-16)17-11-12-19(24)22(21-17)13-18(23)20-15-5-3-2-4-6-15/h2-12H,13H2,1H3,(H,20,23). The van der Waals surface area contributed by atoms with Crippen LogP contribution in [0, 0.1) is 0 Å². The smallest absolute Gasteiger partial charge is 0.267 e. The summed E-state index contributed by atoms with van der Waals surface area (Å²) >= 11 is 1.66. The van der Waals surface area contributed by atoms with Crippen LogP contribution in [-0.4, -0.2) is 21.9 Å². The molecule has 0 radical (unpaired) electrons. The van der Waals surface area contributed by atoms with Gasteiger partial charge in [-0.3, -0.25) is 9.59 Å². The highest BCUT2D eigenvalue weighted by atomic mass is 32.2. The molecule has 2 aromatic carbocycles.